The first-order valence-corrected chi connectivity index (χ1v) is 10.7. The number of carboxylic acids is 1. The second-order valence-corrected chi connectivity index (χ2v) is 7.46. The molecule has 3 nitrogen and oxygen atoms in total. The highest BCUT2D eigenvalue weighted by Gasteiger charge is 2.15. The summed E-state index contributed by atoms with van der Waals surface area (Å²) in [6.45, 7) is 4.40. The predicted molar refractivity (Wildman–Crippen MR) is 116 cm³/mol. The number of benzene rings is 2. The molecule has 0 spiro atoms. The van der Waals surface area contributed by atoms with Crippen LogP contribution in [0.5, 0.6) is 5.75 Å². The topological polar surface area (TPSA) is 46.5 Å². The van der Waals surface area contributed by atoms with Gasteiger partial charge in [0.2, 0.25) is 0 Å². The van der Waals surface area contributed by atoms with E-state index in [9.17, 15) is 9.90 Å². The highest BCUT2D eigenvalue weighted by Crippen LogP contribution is 2.29. The number of hydrogen-bond donors (Lipinski definition) is 1. The van der Waals surface area contributed by atoms with Gasteiger partial charge < -0.3 is 9.84 Å². The summed E-state index contributed by atoms with van der Waals surface area (Å²) in [5.74, 6) is -0.270. The first-order valence-electron chi connectivity index (χ1n) is 10.7. The Labute approximate surface area is 169 Å². The van der Waals surface area contributed by atoms with Crippen molar-refractivity contribution in [1.82, 2.24) is 0 Å². The van der Waals surface area contributed by atoms with Crippen molar-refractivity contribution >= 4 is 5.97 Å². The molecule has 0 bridgehead atoms. The van der Waals surface area contributed by atoms with Crippen molar-refractivity contribution in [2.45, 2.75) is 77.7 Å². The third kappa shape index (κ3) is 7.03. The molecule has 0 aliphatic rings. The van der Waals surface area contributed by atoms with Crippen molar-refractivity contribution in [2.24, 2.45) is 0 Å². The van der Waals surface area contributed by atoms with Gasteiger partial charge >= 0.3 is 5.97 Å². The molecular weight excluding hydrogens is 348 g/mol. The van der Waals surface area contributed by atoms with Gasteiger partial charge in [0.1, 0.15) is 5.75 Å². The number of carboxylic acid groups (broad SMARTS) is 1. The number of ether oxygens (including phenoxy) is 1. The highest BCUT2D eigenvalue weighted by molar-refractivity contribution is 5.96. The Morgan fingerprint density at radius 3 is 2.29 bits per heavy atom. The van der Waals surface area contributed by atoms with Crippen LogP contribution in [-0.4, -0.2) is 17.2 Å². The van der Waals surface area contributed by atoms with Crippen LogP contribution in [0.2, 0.25) is 0 Å². The van der Waals surface area contributed by atoms with Gasteiger partial charge in [-0.2, -0.15) is 0 Å². The van der Waals surface area contributed by atoms with Gasteiger partial charge in [0.25, 0.3) is 0 Å². The molecule has 2 aromatic carbocycles. The van der Waals surface area contributed by atoms with Crippen LogP contribution >= 0.6 is 0 Å². The summed E-state index contributed by atoms with van der Waals surface area (Å²) < 4.78 is 6.20. The van der Waals surface area contributed by atoms with E-state index in [1.807, 2.05) is 42.5 Å². The minimum Gasteiger partial charge on any atom is -0.490 e. The second kappa shape index (κ2) is 12.2. The molecule has 152 valence electrons. The lowest BCUT2D eigenvalue weighted by Gasteiger charge is -2.19. The van der Waals surface area contributed by atoms with E-state index < -0.39 is 5.97 Å². The van der Waals surface area contributed by atoms with Crippen molar-refractivity contribution in [3.63, 3.8) is 0 Å². The van der Waals surface area contributed by atoms with Crippen LogP contribution in [0.3, 0.4) is 0 Å². The number of carbonyl (C=O) groups is 1. The van der Waals surface area contributed by atoms with Gasteiger partial charge in [-0.3, -0.25) is 0 Å². The maximum Gasteiger partial charge on any atom is 0.336 e. The molecule has 0 radical (unpaired) electrons. The molecule has 0 saturated heterocycles. The molecular formula is C25H34O3. The van der Waals surface area contributed by atoms with E-state index in [1.54, 1.807) is 6.07 Å². The minimum atomic E-state index is -0.924. The van der Waals surface area contributed by atoms with Gasteiger partial charge in [0.05, 0.1) is 11.7 Å². The van der Waals surface area contributed by atoms with Crippen molar-refractivity contribution in [3.05, 3.63) is 54.1 Å². The molecule has 0 aliphatic heterocycles. The van der Waals surface area contributed by atoms with Crippen LogP contribution in [-0.2, 0) is 0 Å². The first kappa shape index (κ1) is 22.0. The Morgan fingerprint density at radius 1 is 0.893 bits per heavy atom. The highest BCUT2D eigenvalue weighted by atomic mass is 16.5. The van der Waals surface area contributed by atoms with E-state index >= 15 is 0 Å². The van der Waals surface area contributed by atoms with Crippen LogP contribution in [0.25, 0.3) is 11.1 Å². The number of unbranched alkanes of at least 4 members (excludes halogenated alkanes) is 5. The van der Waals surface area contributed by atoms with Gasteiger partial charge in [0, 0.05) is 0 Å². The summed E-state index contributed by atoms with van der Waals surface area (Å²) in [4.78, 5) is 11.8. The number of rotatable bonds is 13. The van der Waals surface area contributed by atoms with Crippen molar-refractivity contribution in [2.75, 3.05) is 0 Å². The molecule has 1 N–H and O–H groups in total. The quantitative estimate of drug-likeness (QED) is 0.368. The molecule has 28 heavy (non-hydrogen) atoms. The van der Waals surface area contributed by atoms with Crippen LogP contribution in [0, 0.1) is 0 Å². The molecule has 2 aromatic rings. The smallest absolute Gasteiger partial charge is 0.336 e. The van der Waals surface area contributed by atoms with E-state index in [2.05, 4.69) is 13.8 Å². The Hall–Kier alpha value is -2.29. The van der Waals surface area contributed by atoms with E-state index in [1.165, 1.54) is 38.5 Å². The average molecular weight is 383 g/mol. The summed E-state index contributed by atoms with van der Waals surface area (Å²) in [5.41, 5.74) is 1.92. The standard InChI is InChI=1S/C25H34O3/c1-3-5-6-7-8-12-16-21(13-4-2)28-22-17-18-23(24(19-22)25(26)27)20-14-10-9-11-15-20/h9-11,14-15,17-19,21H,3-8,12-13,16H2,1-2H3,(H,26,27). The Morgan fingerprint density at radius 2 is 1.61 bits per heavy atom. The van der Waals surface area contributed by atoms with Gasteiger partial charge in [-0.25, -0.2) is 4.79 Å². The van der Waals surface area contributed by atoms with Gasteiger partial charge in [0.15, 0.2) is 0 Å². The third-order valence-electron chi connectivity index (χ3n) is 5.10. The molecule has 0 aliphatic carbocycles. The summed E-state index contributed by atoms with van der Waals surface area (Å²) in [6.07, 6.45) is 10.9. The van der Waals surface area contributed by atoms with Gasteiger partial charge in [-0.05, 0) is 48.6 Å². The Balaban J connectivity index is 2.04. The van der Waals surface area contributed by atoms with Crippen LogP contribution in [0.1, 0.15) is 82.0 Å². The number of aromatic carboxylic acids is 1. The molecule has 0 saturated carbocycles. The zero-order valence-electron chi connectivity index (χ0n) is 17.3. The lowest BCUT2D eigenvalue weighted by molar-refractivity contribution is 0.0696. The van der Waals surface area contributed by atoms with Crippen LogP contribution in [0.4, 0.5) is 0 Å². The SMILES string of the molecule is CCCCCCCCC(CCC)Oc1ccc(-c2ccccc2)c(C(=O)O)c1. The summed E-state index contributed by atoms with van der Waals surface area (Å²) in [7, 11) is 0. The van der Waals surface area contributed by atoms with Gasteiger partial charge in [-0.1, -0.05) is 82.7 Å². The fraction of sp³-hybridized carbons (Fsp3) is 0.480. The zero-order valence-corrected chi connectivity index (χ0v) is 17.3. The fourth-order valence-electron chi connectivity index (χ4n) is 3.57. The van der Waals surface area contributed by atoms with E-state index in [-0.39, 0.29) is 6.10 Å². The van der Waals surface area contributed by atoms with Crippen molar-refractivity contribution < 1.29 is 14.6 Å². The molecule has 0 aromatic heterocycles. The number of hydrogen-bond acceptors (Lipinski definition) is 2. The first-order chi connectivity index (χ1) is 13.7. The summed E-state index contributed by atoms with van der Waals surface area (Å²) in [5, 5.41) is 9.68. The molecule has 0 fully saturated rings. The largest absolute Gasteiger partial charge is 0.490 e. The molecule has 0 amide bonds. The van der Waals surface area contributed by atoms with Gasteiger partial charge in [-0.15, -0.1) is 0 Å². The predicted octanol–water partition coefficient (Wildman–Crippen LogP) is 7.35. The lowest BCUT2D eigenvalue weighted by atomic mass is 9.99. The molecule has 3 heteroatoms. The maximum absolute atomic E-state index is 11.8. The van der Waals surface area contributed by atoms with Crippen LogP contribution < -0.4 is 4.74 Å². The van der Waals surface area contributed by atoms with E-state index in [0.29, 0.717) is 11.3 Å². The lowest BCUT2D eigenvalue weighted by Crippen LogP contribution is -2.16. The van der Waals surface area contributed by atoms with E-state index in [4.69, 9.17) is 4.74 Å². The fourth-order valence-corrected chi connectivity index (χ4v) is 3.57. The summed E-state index contributed by atoms with van der Waals surface area (Å²) >= 11 is 0. The average Bonchev–Trinajstić information content (AvgIpc) is 2.71. The molecule has 2 rings (SSSR count). The van der Waals surface area contributed by atoms with Crippen molar-refractivity contribution in [1.29, 1.82) is 0 Å². The second-order valence-electron chi connectivity index (χ2n) is 7.46. The molecule has 0 heterocycles. The third-order valence-corrected chi connectivity index (χ3v) is 5.10. The van der Waals surface area contributed by atoms with E-state index in [0.717, 1.165) is 30.4 Å². The normalized spacial score (nSPS) is 11.9. The Kier molecular flexibility index (Phi) is 9.61. The maximum atomic E-state index is 11.8. The molecule has 1 unspecified atom stereocenters. The zero-order chi connectivity index (χ0) is 20.2. The summed E-state index contributed by atoms with van der Waals surface area (Å²) in [6, 6.07) is 15.1. The Bertz CT molecular complexity index is 709. The molecule has 1 atom stereocenters. The minimum absolute atomic E-state index is 0.153. The van der Waals surface area contributed by atoms with Crippen molar-refractivity contribution in [3.8, 4) is 16.9 Å². The monoisotopic (exact) mass is 382 g/mol. The van der Waals surface area contributed by atoms with Crippen LogP contribution in [0.15, 0.2) is 48.5 Å².